The van der Waals surface area contributed by atoms with Crippen molar-refractivity contribution in [2.45, 2.75) is 13.8 Å². The van der Waals surface area contributed by atoms with Gasteiger partial charge in [-0.05, 0) is 48.0 Å². The molecule has 6 heteroatoms. The summed E-state index contributed by atoms with van der Waals surface area (Å²) in [4.78, 5) is 11.4. The van der Waals surface area contributed by atoms with Gasteiger partial charge in [0, 0.05) is 5.69 Å². The molecule has 0 fully saturated rings. The van der Waals surface area contributed by atoms with Crippen LogP contribution in [0.3, 0.4) is 0 Å². The van der Waals surface area contributed by atoms with E-state index in [1.165, 1.54) is 0 Å². The first-order valence-electron chi connectivity index (χ1n) is 5.33. The molecule has 94 valence electrons. The molecule has 0 saturated heterocycles. The first-order chi connectivity index (χ1) is 8.41. The van der Waals surface area contributed by atoms with Crippen LogP contribution in [-0.2, 0) is 0 Å². The third-order valence-electron chi connectivity index (χ3n) is 2.72. The Hall–Kier alpha value is -1.82. The Bertz CT molecular complexity index is 633. The second kappa shape index (κ2) is 4.45. The minimum absolute atomic E-state index is 0.391. The van der Waals surface area contributed by atoms with Gasteiger partial charge in [-0.2, -0.15) is 5.10 Å². The first kappa shape index (κ1) is 12.6. The summed E-state index contributed by atoms with van der Waals surface area (Å²) in [6.07, 6.45) is 0. The minimum atomic E-state index is -0.506. The lowest BCUT2D eigenvalue weighted by Gasteiger charge is -2.09. The van der Waals surface area contributed by atoms with Crippen molar-refractivity contribution >= 4 is 27.5 Å². The number of halogens is 1. The van der Waals surface area contributed by atoms with Crippen LogP contribution in [0.1, 0.15) is 21.7 Å². The molecule has 18 heavy (non-hydrogen) atoms. The van der Waals surface area contributed by atoms with Crippen LogP contribution in [0.2, 0.25) is 0 Å². The van der Waals surface area contributed by atoms with E-state index < -0.39 is 5.91 Å². The lowest BCUT2D eigenvalue weighted by molar-refractivity contribution is 0.1000. The van der Waals surface area contributed by atoms with Crippen molar-refractivity contribution in [2.75, 3.05) is 5.73 Å². The number of rotatable bonds is 2. The van der Waals surface area contributed by atoms with Crippen molar-refractivity contribution in [1.82, 2.24) is 9.78 Å². The number of carbonyl (C=O) groups excluding carboxylic acids is 1. The number of aryl methyl sites for hydroxylation is 1. The lowest BCUT2D eigenvalue weighted by atomic mass is 10.1. The Morgan fingerprint density at radius 2 is 2.06 bits per heavy atom. The van der Waals surface area contributed by atoms with E-state index in [1.807, 2.05) is 13.8 Å². The maximum absolute atomic E-state index is 11.4. The largest absolute Gasteiger partial charge is 0.399 e. The molecule has 0 aliphatic carbocycles. The molecule has 1 heterocycles. The predicted molar refractivity (Wildman–Crippen MR) is 73.7 cm³/mol. The molecule has 0 bridgehead atoms. The molecule has 2 aromatic rings. The Morgan fingerprint density at radius 3 is 2.56 bits per heavy atom. The Balaban J connectivity index is 2.73. The van der Waals surface area contributed by atoms with Crippen molar-refractivity contribution in [1.29, 1.82) is 0 Å². The van der Waals surface area contributed by atoms with Crippen LogP contribution in [0, 0.1) is 13.8 Å². The summed E-state index contributed by atoms with van der Waals surface area (Å²) < 4.78 is 2.57. The number of nitrogen functional groups attached to an aromatic ring is 1. The van der Waals surface area contributed by atoms with E-state index in [4.69, 9.17) is 11.5 Å². The third kappa shape index (κ3) is 1.99. The van der Waals surface area contributed by atoms with Crippen LogP contribution in [0.15, 0.2) is 22.7 Å². The molecular formula is C12H13BrN4O. The fourth-order valence-electron chi connectivity index (χ4n) is 1.79. The van der Waals surface area contributed by atoms with Gasteiger partial charge in [0.05, 0.1) is 27.1 Å². The molecule has 0 atom stereocenters. The Morgan fingerprint density at radius 1 is 1.39 bits per heavy atom. The second-order valence-corrected chi connectivity index (χ2v) is 4.83. The SMILES string of the molecule is Cc1nn(-c2cc(N)ccc2C(N)=O)c(C)c1Br. The number of hydrogen-bond donors (Lipinski definition) is 2. The zero-order chi connectivity index (χ0) is 13.4. The van der Waals surface area contributed by atoms with Gasteiger partial charge in [0.1, 0.15) is 0 Å². The van der Waals surface area contributed by atoms with Crippen molar-refractivity contribution in [3.8, 4) is 5.69 Å². The average molecular weight is 309 g/mol. The number of nitrogens with two attached hydrogens (primary N) is 2. The van der Waals surface area contributed by atoms with E-state index in [-0.39, 0.29) is 0 Å². The topological polar surface area (TPSA) is 86.9 Å². The number of hydrogen-bond acceptors (Lipinski definition) is 3. The normalized spacial score (nSPS) is 10.6. The number of aromatic nitrogens is 2. The van der Waals surface area contributed by atoms with Gasteiger partial charge in [0.25, 0.3) is 5.91 Å². The van der Waals surface area contributed by atoms with Crippen LogP contribution in [0.25, 0.3) is 5.69 Å². The highest BCUT2D eigenvalue weighted by atomic mass is 79.9. The van der Waals surface area contributed by atoms with Crippen LogP contribution < -0.4 is 11.5 Å². The number of primary amides is 1. The summed E-state index contributed by atoms with van der Waals surface area (Å²) in [5, 5.41) is 4.37. The van der Waals surface area contributed by atoms with Gasteiger partial charge in [0.2, 0.25) is 0 Å². The number of amides is 1. The van der Waals surface area contributed by atoms with Gasteiger partial charge in [-0.3, -0.25) is 4.79 Å². The van der Waals surface area contributed by atoms with Gasteiger partial charge in [-0.15, -0.1) is 0 Å². The fraction of sp³-hybridized carbons (Fsp3) is 0.167. The molecule has 1 aromatic heterocycles. The summed E-state index contributed by atoms with van der Waals surface area (Å²) in [5.74, 6) is -0.506. The quantitative estimate of drug-likeness (QED) is 0.831. The number of anilines is 1. The van der Waals surface area contributed by atoms with E-state index in [2.05, 4.69) is 21.0 Å². The standard InChI is InChI=1S/C12H13BrN4O/c1-6-11(13)7(2)17(16-6)10-5-8(14)3-4-9(10)12(15)18/h3-5H,14H2,1-2H3,(H2,15,18). The van der Waals surface area contributed by atoms with Crippen LogP contribution in [-0.4, -0.2) is 15.7 Å². The summed E-state index contributed by atoms with van der Waals surface area (Å²) in [6, 6.07) is 4.94. The zero-order valence-electron chi connectivity index (χ0n) is 10.1. The van der Waals surface area contributed by atoms with Gasteiger partial charge in [-0.25, -0.2) is 4.68 Å². The Labute approximate surface area is 113 Å². The van der Waals surface area contributed by atoms with Crippen molar-refractivity contribution in [3.63, 3.8) is 0 Å². The molecule has 0 aliphatic rings. The molecular weight excluding hydrogens is 296 g/mol. The fourth-order valence-corrected chi connectivity index (χ4v) is 2.04. The highest BCUT2D eigenvalue weighted by Gasteiger charge is 2.16. The van der Waals surface area contributed by atoms with E-state index in [9.17, 15) is 4.79 Å². The second-order valence-electron chi connectivity index (χ2n) is 4.04. The smallest absolute Gasteiger partial charge is 0.250 e. The van der Waals surface area contributed by atoms with E-state index in [0.29, 0.717) is 16.9 Å². The molecule has 0 aliphatic heterocycles. The third-order valence-corrected chi connectivity index (χ3v) is 3.87. The van der Waals surface area contributed by atoms with E-state index >= 15 is 0 Å². The van der Waals surface area contributed by atoms with Crippen molar-refractivity contribution < 1.29 is 4.79 Å². The molecule has 0 spiro atoms. The van der Waals surface area contributed by atoms with Gasteiger partial charge in [0.15, 0.2) is 0 Å². The first-order valence-corrected chi connectivity index (χ1v) is 6.12. The van der Waals surface area contributed by atoms with Gasteiger partial charge >= 0.3 is 0 Å². The van der Waals surface area contributed by atoms with E-state index in [0.717, 1.165) is 15.9 Å². The molecule has 4 N–H and O–H groups in total. The average Bonchev–Trinajstić information content (AvgIpc) is 2.56. The summed E-state index contributed by atoms with van der Waals surface area (Å²) in [7, 11) is 0. The van der Waals surface area contributed by atoms with Gasteiger partial charge < -0.3 is 11.5 Å². The summed E-state index contributed by atoms with van der Waals surface area (Å²) >= 11 is 3.45. The monoisotopic (exact) mass is 308 g/mol. The highest BCUT2D eigenvalue weighted by Crippen LogP contribution is 2.25. The van der Waals surface area contributed by atoms with Crippen LogP contribution in [0.4, 0.5) is 5.69 Å². The van der Waals surface area contributed by atoms with E-state index in [1.54, 1.807) is 22.9 Å². The summed E-state index contributed by atoms with van der Waals surface area (Å²) in [6.45, 7) is 3.78. The van der Waals surface area contributed by atoms with Crippen molar-refractivity contribution in [3.05, 3.63) is 39.6 Å². The summed E-state index contributed by atoms with van der Waals surface area (Å²) in [5.41, 5.74) is 14.4. The molecule has 1 aromatic carbocycles. The molecule has 2 rings (SSSR count). The molecule has 0 saturated carbocycles. The number of benzene rings is 1. The molecule has 0 radical (unpaired) electrons. The highest BCUT2D eigenvalue weighted by molar-refractivity contribution is 9.10. The number of nitrogens with zero attached hydrogens (tertiary/aromatic N) is 2. The minimum Gasteiger partial charge on any atom is -0.399 e. The lowest BCUT2D eigenvalue weighted by Crippen LogP contribution is -2.16. The Kier molecular flexibility index (Phi) is 3.13. The predicted octanol–water partition coefficient (Wildman–Crippen LogP) is 1.93. The molecule has 1 amide bonds. The molecule has 0 unspecified atom stereocenters. The van der Waals surface area contributed by atoms with Crippen LogP contribution >= 0.6 is 15.9 Å². The molecule has 5 nitrogen and oxygen atoms in total. The van der Waals surface area contributed by atoms with Crippen molar-refractivity contribution in [2.24, 2.45) is 5.73 Å². The zero-order valence-corrected chi connectivity index (χ0v) is 11.7. The number of carbonyl (C=O) groups is 1. The van der Waals surface area contributed by atoms with Gasteiger partial charge in [-0.1, -0.05) is 0 Å². The maximum Gasteiger partial charge on any atom is 0.250 e. The van der Waals surface area contributed by atoms with Crippen LogP contribution in [0.5, 0.6) is 0 Å². The maximum atomic E-state index is 11.4.